The lowest BCUT2D eigenvalue weighted by atomic mass is 10.1. The maximum absolute atomic E-state index is 13.6. The molecule has 2 aliphatic carbocycles. The fourth-order valence-corrected chi connectivity index (χ4v) is 2.54. The van der Waals surface area contributed by atoms with Crippen LogP contribution in [-0.2, 0) is 9.53 Å². The highest BCUT2D eigenvalue weighted by Crippen LogP contribution is 2.48. The first-order valence-electron chi connectivity index (χ1n) is 7.45. The van der Waals surface area contributed by atoms with E-state index in [0.29, 0.717) is 25.1 Å². The van der Waals surface area contributed by atoms with Crippen molar-refractivity contribution in [3.8, 4) is 0 Å². The Bertz CT molecular complexity index is 531. The fraction of sp³-hybridized carbons (Fsp3) is 0.562. The molecule has 0 heterocycles. The summed E-state index contributed by atoms with van der Waals surface area (Å²) in [6.45, 7) is 1.79. The van der Waals surface area contributed by atoms with Crippen LogP contribution in [0.25, 0.3) is 0 Å². The van der Waals surface area contributed by atoms with E-state index < -0.39 is 11.6 Å². The largest absolute Gasteiger partial charge is 0.379 e. The van der Waals surface area contributed by atoms with Gasteiger partial charge in [0.05, 0.1) is 6.61 Å². The molecule has 2 saturated carbocycles. The molecule has 0 saturated heterocycles. The zero-order valence-corrected chi connectivity index (χ0v) is 11.8. The topological polar surface area (TPSA) is 38.3 Å². The summed E-state index contributed by atoms with van der Waals surface area (Å²) in [6, 6.07) is 3.53. The Hall–Kier alpha value is -1.49. The Balaban J connectivity index is 1.40. The molecule has 2 fully saturated rings. The molecule has 3 nitrogen and oxygen atoms in total. The van der Waals surface area contributed by atoms with E-state index in [2.05, 4.69) is 5.32 Å². The molecule has 1 N–H and O–H groups in total. The predicted molar refractivity (Wildman–Crippen MR) is 73.8 cm³/mol. The van der Waals surface area contributed by atoms with Gasteiger partial charge in [0.2, 0.25) is 5.91 Å². The molecule has 2 aliphatic rings. The average Bonchev–Trinajstić information content (AvgIpc) is 3.32. The third kappa shape index (κ3) is 3.79. The first-order valence-corrected chi connectivity index (χ1v) is 7.45. The van der Waals surface area contributed by atoms with Crippen LogP contribution in [0.4, 0.5) is 8.78 Å². The Kier molecular flexibility index (Phi) is 4.19. The number of carbonyl (C=O) groups excluding carboxylic acids is 1. The van der Waals surface area contributed by atoms with Gasteiger partial charge >= 0.3 is 0 Å². The molecule has 2 unspecified atom stereocenters. The summed E-state index contributed by atoms with van der Waals surface area (Å²) < 4.78 is 31.9. The summed E-state index contributed by atoms with van der Waals surface area (Å²) in [4.78, 5) is 11.9. The van der Waals surface area contributed by atoms with Crippen LogP contribution in [-0.4, -0.2) is 25.7 Å². The van der Waals surface area contributed by atoms with E-state index in [1.54, 1.807) is 0 Å². The molecule has 0 spiro atoms. The number of carbonyl (C=O) groups is 1. The van der Waals surface area contributed by atoms with Gasteiger partial charge in [-0.1, -0.05) is 6.07 Å². The average molecular weight is 295 g/mol. The molecule has 114 valence electrons. The van der Waals surface area contributed by atoms with Gasteiger partial charge in [0, 0.05) is 25.1 Å². The molecule has 1 aromatic carbocycles. The Morgan fingerprint density at radius 3 is 2.86 bits per heavy atom. The van der Waals surface area contributed by atoms with Crippen molar-refractivity contribution < 1.29 is 18.3 Å². The summed E-state index contributed by atoms with van der Waals surface area (Å²) in [5.41, 5.74) is 0.432. The minimum absolute atomic E-state index is 0.0706. The van der Waals surface area contributed by atoms with Crippen molar-refractivity contribution in [2.24, 2.45) is 11.8 Å². The second kappa shape index (κ2) is 6.10. The number of hydrogen-bond acceptors (Lipinski definition) is 2. The summed E-state index contributed by atoms with van der Waals surface area (Å²) in [5.74, 6) is -0.839. The van der Waals surface area contributed by atoms with Crippen LogP contribution in [0.5, 0.6) is 0 Å². The molecule has 5 heteroatoms. The summed E-state index contributed by atoms with van der Waals surface area (Å²) >= 11 is 0. The molecule has 0 aliphatic heterocycles. The highest BCUT2D eigenvalue weighted by molar-refractivity contribution is 5.82. The summed E-state index contributed by atoms with van der Waals surface area (Å²) in [7, 11) is 0. The fourth-order valence-electron chi connectivity index (χ4n) is 2.54. The molecule has 3 rings (SSSR count). The van der Waals surface area contributed by atoms with Crippen molar-refractivity contribution in [2.45, 2.75) is 25.2 Å². The number of rotatable bonds is 7. The molecule has 0 radical (unpaired) electrons. The first kappa shape index (κ1) is 14.4. The third-order valence-electron chi connectivity index (χ3n) is 4.09. The number of hydrogen-bond donors (Lipinski definition) is 1. The van der Waals surface area contributed by atoms with Gasteiger partial charge in [0.25, 0.3) is 0 Å². The zero-order chi connectivity index (χ0) is 14.8. The van der Waals surface area contributed by atoms with Crippen molar-refractivity contribution in [1.82, 2.24) is 5.32 Å². The number of benzene rings is 1. The van der Waals surface area contributed by atoms with Crippen LogP contribution in [0.2, 0.25) is 0 Å². The van der Waals surface area contributed by atoms with Crippen molar-refractivity contribution >= 4 is 5.91 Å². The quantitative estimate of drug-likeness (QED) is 0.785. The second-order valence-electron chi connectivity index (χ2n) is 5.92. The Morgan fingerprint density at radius 2 is 2.14 bits per heavy atom. The minimum Gasteiger partial charge on any atom is -0.379 e. The van der Waals surface area contributed by atoms with Gasteiger partial charge in [-0.15, -0.1) is 0 Å². The zero-order valence-electron chi connectivity index (χ0n) is 11.8. The predicted octanol–water partition coefficient (Wildman–Crippen LogP) is 2.61. The lowest BCUT2D eigenvalue weighted by Gasteiger charge is -2.06. The van der Waals surface area contributed by atoms with Gasteiger partial charge in [0.1, 0.15) is 11.6 Å². The molecule has 0 bridgehead atoms. The van der Waals surface area contributed by atoms with E-state index in [1.165, 1.54) is 25.0 Å². The van der Waals surface area contributed by atoms with Crippen molar-refractivity contribution in [3.63, 3.8) is 0 Å². The molecule has 21 heavy (non-hydrogen) atoms. The molecule has 0 aromatic heterocycles. The number of ether oxygens (including phenoxy) is 1. The second-order valence-corrected chi connectivity index (χ2v) is 5.92. The van der Waals surface area contributed by atoms with E-state index in [-0.39, 0.29) is 17.7 Å². The number of nitrogens with one attached hydrogen (secondary N) is 1. The monoisotopic (exact) mass is 295 g/mol. The van der Waals surface area contributed by atoms with Gasteiger partial charge < -0.3 is 10.1 Å². The molecular weight excluding hydrogens is 276 g/mol. The minimum atomic E-state index is -0.592. The lowest BCUT2D eigenvalue weighted by molar-refractivity contribution is -0.122. The van der Waals surface area contributed by atoms with Crippen LogP contribution in [0, 0.1) is 23.5 Å². The number of halogens is 2. The van der Waals surface area contributed by atoms with Crippen LogP contribution >= 0.6 is 0 Å². The molecule has 1 amide bonds. The molecular formula is C16H19F2NO2. The summed E-state index contributed by atoms with van der Waals surface area (Å²) in [6.07, 6.45) is 3.12. The highest BCUT2D eigenvalue weighted by Gasteiger charge is 2.45. The van der Waals surface area contributed by atoms with Crippen LogP contribution < -0.4 is 5.32 Å². The van der Waals surface area contributed by atoms with Crippen molar-refractivity contribution in [2.75, 3.05) is 19.8 Å². The van der Waals surface area contributed by atoms with Gasteiger partial charge in [-0.25, -0.2) is 8.78 Å². The Morgan fingerprint density at radius 1 is 1.33 bits per heavy atom. The number of amides is 1. The van der Waals surface area contributed by atoms with E-state index in [0.717, 1.165) is 18.6 Å². The van der Waals surface area contributed by atoms with E-state index >= 15 is 0 Å². The molecule has 2 atom stereocenters. The standard InChI is InChI=1S/C16H19F2NO2/c17-11-3-4-12(15(18)7-11)13-8-14(13)16(20)19-5-6-21-9-10-1-2-10/h3-4,7,10,13-14H,1-2,5-6,8-9H2,(H,19,20). The maximum atomic E-state index is 13.6. The van der Waals surface area contributed by atoms with Gasteiger partial charge in [-0.2, -0.15) is 0 Å². The third-order valence-corrected chi connectivity index (χ3v) is 4.09. The SMILES string of the molecule is O=C(NCCOCC1CC1)C1CC1c1ccc(F)cc1F. The normalized spacial score (nSPS) is 23.9. The van der Waals surface area contributed by atoms with Crippen LogP contribution in [0.3, 0.4) is 0 Å². The summed E-state index contributed by atoms with van der Waals surface area (Å²) in [5, 5.41) is 2.81. The van der Waals surface area contributed by atoms with E-state index in [4.69, 9.17) is 4.74 Å². The van der Waals surface area contributed by atoms with E-state index in [1.807, 2.05) is 0 Å². The van der Waals surface area contributed by atoms with Crippen LogP contribution in [0.15, 0.2) is 18.2 Å². The lowest BCUT2D eigenvalue weighted by Crippen LogP contribution is -2.29. The molecule has 1 aromatic rings. The highest BCUT2D eigenvalue weighted by atomic mass is 19.1. The van der Waals surface area contributed by atoms with Crippen LogP contribution in [0.1, 0.15) is 30.7 Å². The smallest absolute Gasteiger partial charge is 0.223 e. The van der Waals surface area contributed by atoms with E-state index in [9.17, 15) is 13.6 Å². The van der Waals surface area contributed by atoms with Gasteiger partial charge in [-0.3, -0.25) is 4.79 Å². The van der Waals surface area contributed by atoms with Gasteiger partial charge in [0.15, 0.2) is 0 Å². The van der Waals surface area contributed by atoms with Crippen molar-refractivity contribution in [1.29, 1.82) is 0 Å². The van der Waals surface area contributed by atoms with Crippen molar-refractivity contribution in [3.05, 3.63) is 35.4 Å². The van der Waals surface area contributed by atoms with Gasteiger partial charge in [-0.05, 0) is 42.7 Å². The first-order chi connectivity index (χ1) is 10.1. The maximum Gasteiger partial charge on any atom is 0.223 e. The Labute approximate surface area is 122 Å².